The van der Waals surface area contributed by atoms with Gasteiger partial charge in [-0.25, -0.2) is 0 Å². The maximum Gasteiger partial charge on any atom is 0.0558 e. The lowest BCUT2D eigenvalue weighted by atomic mass is 10.0. The Kier molecular flexibility index (Phi) is 32.9. The van der Waals surface area contributed by atoms with Crippen molar-refractivity contribution in [1.29, 1.82) is 0 Å². The van der Waals surface area contributed by atoms with Crippen LogP contribution in [0.4, 0.5) is 0 Å². The van der Waals surface area contributed by atoms with Crippen LogP contribution in [0.2, 0.25) is 0 Å². The summed E-state index contributed by atoms with van der Waals surface area (Å²) >= 11 is 0. The molecule has 0 saturated heterocycles. The molecule has 0 rings (SSSR count). The van der Waals surface area contributed by atoms with Crippen molar-refractivity contribution in [3.63, 3.8) is 0 Å². The fourth-order valence-electron chi connectivity index (χ4n) is 5.54. The van der Waals surface area contributed by atoms with E-state index in [-0.39, 0.29) is 0 Å². The summed E-state index contributed by atoms with van der Waals surface area (Å²) < 4.78 is 0. The highest BCUT2D eigenvalue weighted by atomic mass is 16.3. The summed E-state index contributed by atoms with van der Waals surface area (Å²) in [4.78, 5) is 2.51. The molecule has 0 aliphatic rings. The summed E-state index contributed by atoms with van der Waals surface area (Å²) in [6.07, 6.45) is 39.9. The number of aliphatic hydroxyl groups is 1. The second kappa shape index (κ2) is 32.9. The Hall–Kier alpha value is -0.0800. The van der Waals surface area contributed by atoms with Crippen molar-refractivity contribution in [2.75, 3.05) is 26.2 Å². The van der Waals surface area contributed by atoms with Crippen LogP contribution < -0.4 is 0 Å². The van der Waals surface area contributed by atoms with Crippen molar-refractivity contribution in [2.24, 2.45) is 0 Å². The van der Waals surface area contributed by atoms with Crippen molar-refractivity contribution in [2.45, 2.75) is 194 Å². The zero-order valence-corrected chi connectivity index (χ0v) is 25.5. The van der Waals surface area contributed by atoms with Gasteiger partial charge in [0.05, 0.1) is 6.61 Å². The quantitative estimate of drug-likeness (QED) is 0.0911. The van der Waals surface area contributed by atoms with Gasteiger partial charge >= 0.3 is 0 Å². The second-order valence-electron chi connectivity index (χ2n) is 11.8. The first kappa shape index (κ1) is 35.9. The lowest BCUT2D eigenvalue weighted by Crippen LogP contribution is -2.29. The zero-order valence-electron chi connectivity index (χ0n) is 25.5. The zero-order chi connectivity index (χ0) is 26.2. The summed E-state index contributed by atoms with van der Waals surface area (Å²) in [5.74, 6) is 0. The van der Waals surface area contributed by atoms with E-state index in [2.05, 4.69) is 18.7 Å². The Morgan fingerprint density at radius 3 is 0.750 bits per heavy atom. The molecule has 0 atom stereocenters. The van der Waals surface area contributed by atoms with Crippen LogP contribution in [0, 0.1) is 0 Å². The Balaban J connectivity index is 3.37. The fraction of sp³-hybridized carbons (Fsp3) is 1.00. The molecule has 2 heteroatoms. The molecule has 0 aromatic carbocycles. The molecular weight excluding hydrogens is 438 g/mol. The van der Waals surface area contributed by atoms with Gasteiger partial charge in [0.2, 0.25) is 0 Å². The second-order valence-corrected chi connectivity index (χ2v) is 11.8. The Labute approximate surface area is 229 Å². The van der Waals surface area contributed by atoms with Gasteiger partial charge in [-0.05, 0) is 25.9 Å². The molecule has 0 unspecified atom stereocenters. The normalized spacial score (nSPS) is 11.7. The molecule has 0 amide bonds. The van der Waals surface area contributed by atoms with Crippen molar-refractivity contribution < 1.29 is 5.11 Å². The van der Waals surface area contributed by atoms with E-state index < -0.39 is 0 Å². The van der Waals surface area contributed by atoms with Gasteiger partial charge in [0.1, 0.15) is 0 Å². The molecule has 0 spiro atoms. The topological polar surface area (TPSA) is 23.5 Å². The first-order chi connectivity index (χ1) is 17.8. The van der Waals surface area contributed by atoms with Gasteiger partial charge in [-0.1, -0.05) is 181 Å². The maximum atomic E-state index is 9.43. The van der Waals surface area contributed by atoms with E-state index >= 15 is 0 Å². The van der Waals surface area contributed by atoms with E-state index in [1.54, 1.807) is 0 Å². The minimum atomic E-state index is 0.317. The third-order valence-electron chi connectivity index (χ3n) is 8.07. The molecule has 2 nitrogen and oxygen atoms in total. The highest BCUT2D eigenvalue weighted by Gasteiger charge is 2.04. The SMILES string of the molecule is CCCCCCCCCCCCCCCCN(CCO)CCCCCCCCCCCCCCCC. The van der Waals surface area contributed by atoms with Crippen molar-refractivity contribution in [3.05, 3.63) is 0 Å². The van der Waals surface area contributed by atoms with Crippen LogP contribution in [0.25, 0.3) is 0 Å². The standard InChI is InChI=1S/C34H71NO/c1-3-5-7-9-11-13-15-17-19-21-23-25-27-29-31-35(33-34-36)32-30-28-26-24-22-20-18-16-14-12-10-8-6-4-2/h36H,3-34H2,1-2H3. The van der Waals surface area contributed by atoms with Crippen LogP contribution in [0.1, 0.15) is 194 Å². The summed E-state index contributed by atoms with van der Waals surface area (Å²) in [7, 11) is 0. The lowest BCUT2D eigenvalue weighted by Gasteiger charge is -2.21. The van der Waals surface area contributed by atoms with Crippen molar-refractivity contribution >= 4 is 0 Å². The van der Waals surface area contributed by atoms with Crippen molar-refractivity contribution in [3.8, 4) is 0 Å². The van der Waals surface area contributed by atoms with Gasteiger partial charge in [-0.2, -0.15) is 0 Å². The number of hydrogen-bond acceptors (Lipinski definition) is 2. The molecule has 0 aromatic heterocycles. The molecule has 36 heavy (non-hydrogen) atoms. The number of hydrogen-bond donors (Lipinski definition) is 1. The largest absolute Gasteiger partial charge is 0.395 e. The van der Waals surface area contributed by atoms with E-state index in [0.717, 1.165) is 6.54 Å². The number of rotatable bonds is 32. The van der Waals surface area contributed by atoms with Gasteiger partial charge in [0, 0.05) is 6.54 Å². The van der Waals surface area contributed by atoms with E-state index in [1.165, 1.54) is 193 Å². The predicted molar refractivity (Wildman–Crippen MR) is 164 cm³/mol. The molecule has 218 valence electrons. The number of nitrogens with zero attached hydrogens (tertiary/aromatic N) is 1. The van der Waals surface area contributed by atoms with Gasteiger partial charge in [-0.15, -0.1) is 0 Å². The van der Waals surface area contributed by atoms with Crippen LogP contribution in [-0.4, -0.2) is 36.2 Å². The first-order valence-corrected chi connectivity index (χ1v) is 17.2. The van der Waals surface area contributed by atoms with Gasteiger partial charge < -0.3 is 10.0 Å². The summed E-state index contributed by atoms with van der Waals surface area (Å²) in [5, 5.41) is 9.43. The minimum absolute atomic E-state index is 0.317. The van der Waals surface area contributed by atoms with E-state index in [1.807, 2.05) is 0 Å². The number of aliphatic hydroxyl groups excluding tert-OH is 1. The van der Waals surface area contributed by atoms with Crippen molar-refractivity contribution in [1.82, 2.24) is 4.90 Å². The van der Waals surface area contributed by atoms with E-state index in [0.29, 0.717) is 6.61 Å². The molecule has 1 N–H and O–H groups in total. The minimum Gasteiger partial charge on any atom is -0.395 e. The molecule has 0 heterocycles. The Morgan fingerprint density at radius 2 is 0.528 bits per heavy atom. The Bertz CT molecular complexity index is 340. The van der Waals surface area contributed by atoms with Gasteiger partial charge in [0.25, 0.3) is 0 Å². The monoisotopic (exact) mass is 510 g/mol. The van der Waals surface area contributed by atoms with Crippen LogP contribution in [0.5, 0.6) is 0 Å². The third kappa shape index (κ3) is 30.1. The summed E-state index contributed by atoms with van der Waals surface area (Å²) in [5.41, 5.74) is 0. The molecule has 0 bridgehead atoms. The molecule has 0 fully saturated rings. The van der Waals surface area contributed by atoms with Gasteiger partial charge in [-0.3, -0.25) is 0 Å². The average Bonchev–Trinajstić information content (AvgIpc) is 2.89. The molecular formula is C34H71NO. The molecule has 0 aliphatic heterocycles. The van der Waals surface area contributed by atoms with Crippen LogP contribution in [-0.2, 0) is 0 Å². The smallest absolute Gasteiger partial charge is 0.0558 e. The average molecular weight is 510 g/mol. The highest BCUT2D eigenvalue weighted by molar-refractivity contribution is 4.59. The third-order valence-corrected chi connectivity index (χ3v) is 8.07. The molecule has 0 saturated carbocycles. The lowest BCUT2D eigenvalue weighted by molar-refractivity contribution is 0.190. The van der Waals surface area contributed by atoms with Gasteiger partial charge in [0.15, 0.2) is 0 Å². The maximum absolute atomic E-state index is 9.43. The van der Waals surface area contributed by atoms with Crippen LogP contribution in [0.15, 0.2) is 0 Å². The highest BCUT2D eigenvalue weighted by Crippen LogP contribution is 2.15. The van der Waals surface area contributed by atoms with Crippen LogP contribution >= 0.6 is 0 Å². The first-order valence-electron chi connectivity index (χ1n) is 17.2. The Morgan fingerprint density at radius 1 is 0.306 bits per heavy atom. The fourth-order valence-corrected chi connectivity index (χ4v) is 5.54. The van der Waals surface area contributed by atoms with E-state index in [4.69, 9.17) is 0 Å². The predicted octanol–water partition coefficient (Wildman–Crippen LogP) is 11.2. The number of unbranched alkanes of at least 4 members (excludes halogenated alkanes) is 26. The molecule has 0 aliphatic carbocycles. The summed E-state index contributed by atoms with van der Waals surface area (Å²) in [6.45, 7) is 8.17. The van der Waals surface area contributed by atoms with Crippen LogP contribution in [0.3, 0.4) is 0 Å². The molecule has 0 radical (unpaired) electrons. The van der Waals surface area contributed by atoms with E-state index in [9.17, 15) is 5.11 Å². The molecule has 0 aromatic rings. The summed E-state index contributed by atoms with van der Waals surface area (Å²) in [6, 6.07) is 0.